The molecular formula is C16H17F3N2. The van der Waals surface area contributed by atoms with Crippen molar-refractivity contribution >= 4 is 0 Å². The predicted octanol–water partition coefficient (Wildman–Crippen LogP) is 4.03. The minimum absolute atomic E-state index is 0.230. The van der Waals surface area contributed by atoms with Crippen molar-refractivity contribution in [3.63, 3.8) is 0 Å². The van der Waals surface area contributed by atoms with Crippen LogP contribution in [0.3, 0.4) is 0 Å². The summed E-state index contributed by atoms with van der Waals surface area (Å²) in [5.74, 6) is 0. The van der Waals surface area contributed by atoms with Gasteiger partial charge in [0.25, 0.3) is 0 Å². The van der Waals surface area contributed by atoms with E-state index in [0.29, 0.717) is 5.69 Å². The van der Waals surface area contributed by atoms with E-state index < -0.39 is 11.7 Å². The van der Waals surface area contributed by atoms with Crippen LogP contribution in [-0.2, 0) is 6.18 Å². The predicted molar refractivity (Wildman–Crippen MR) is 76.1 cm³/mol. The van der Waals surface area contributed by atoms with Crippen LogP contribution in [0.1, 0.15) is 34.0 Å². The molecule has 0 aliphatic heterocycles. The zero-order chi connectivity index (χ0) is 15.6. The number of pyridine rings is 1. The highest BCUT2D eigenvalue weighted by Gasteiger charge is 2.31. The Morgan fingerprint density at radius 3 is 2.24 bits per heavy atom. The molecule has 1 N–H and O–H groups in total. The van der Waals surface area contributed by atoms with E-state index in [2.05, 4.69) is 10.3 Å². The van der Waals surface area contributed by atoms with Crippen LogP contribution in [0.15, 0.2) is 36.5 Å². The normalized spacial score (nSPS) is 13.2. The molecule has 0 aliphatic rings. The zero-order valence-electron chi connectivity index (χ0n) is 12.1. The molecule has 0 fully saturated rings. The van der Waals surface area contributed by atoms with Gasteiger partial charge in [0.2, 0.25) is 0 Å². The Morgan fingerprint density at radius 2 is 1.76 bits per heavy atom. The average molecular weight is 294 g/mol. The van der Waals surface area contributed by atoms with Crippen molar-refractivity contribution in [1.82, 2.24) is 10.3 Å². The van der Waals surface area contributed by atoms with E-state index in [4.69, 9.17) is 0 Å². The van der Waals surface area contributed by atoms with Gasteiger partial charge in [0.1, 0.15) is 0 Å². The molecular weight excluding hydrogens is 277 g/mol. The summed E-state index contributed by atoms with van der Waals surface area (Å²) >= 11 is 0. The van der Waals surface area contributed by atoms with Crippen LogP contribution >= 0.6 is 0 Å². The number of aryl methyl sites for hydroxylation is 2. The van der Waals surface area contributed by atoms with Gasteiger partial charge in [0, 0.05) is 6.20 Å². The smallest absolute Gasteiger partial charge is 0.308 e. The summed E-state index contributed by atoms with van der Waals surface area (Å²) in [4.78, 5) is 3.96. The quantitative estimate of drug-likeness (QED) is 0.924. The second-order valence-electron chi connectivity index (χ2n) is 5.03. The van der Waals surface area contributed by atoms with Gasteiger partial charge in [-0.25, -0.2) is 0 Å². The topological polar surface area (TPSA) is 24.9 Å². The van der Waals surface area contributed by atoms with Gasteiger partial charge in [-0.1, -0.05) is 18.2 Å². The van der Waals surface area contributed by atoms with Crippen LogP contribution in [-0.4, -0.2) is 12.0 Å². The van der Waals surface area contributed by atoms with Crippen LogP contribution in [0.25, 0.3) is 0 Å². The molecule has 2 nitrogen and oxygen atoms in total. The van der Waals surface area contributed by atoms with Crippen LogP contribution in [0, 0.1) is 13.8 Å². The number of hydrogen-bond acceptors (Lipinski definition) is 2. The van der Waals surface area contributed by atoms with Gasteiger partial charge in [-0.15, -0.1) is 0 Å². The molecule has 0 saturated carbocycles. The molecule has 21 heavy (non-hydrogen) atoms. The fourth-order valence-corrected chi connectivity index (χ4v) is 2.17. The van der Waals surface area contributed by atoms with E-state index in [1.807, 2.05) is 32.0 Å². The van der Waals surface area contributed by atoms with Gasteiger partial charge in [-0.05, 0) is 49.7 Å². The summed E-state index contributed by atoms with van der Waals surface area (Å²) in [7, 11) is 1.76. The molecule has 1 atom stereocenters. The molecule has 2 rings (SSSR count). The monoisotopic (exact) mass is 294 g/mol. The van der Waals surface area contributed by atoms with E-state index in [0.717, 1.165) is 23.4 Å². The Balaban J connectivity index is 2.35. The number of hydrogen-bond donors (Lipinski definition) is 1. The van der Waals surface area contributed by atoms with Crippen molar-refractivity contribution < 1.29 is 13.2 Å². The number of aromatic nitrogens is 1. The molecule has 0 bridgehead atoms. The van der Waals surface area contributed by atoms with Gasteiger partial charge in [-0.3, -0.25) is 4.98 Å². The second kappa shape index (κ2) is 5.85. The van der Waals surface area contributed by atoms with Gasteiger partial charge < -0.3 is 5.32 Å². The first-order chi connectivity index (χ1) is 9.82. The van der Waals surface area contributed by atoms with Crippen molar-refractivity contribution in [3.05, 3.63) is 64.5 Å². The minimum Gasteiger partial charge on any atom is -0.308 e. The largest absolute Gasteiger partial charge is 0.417 e. The number of nitrogens with zero attached hydrogens (tertiary/aromatic N) is 1. The highest BCUT2D eigenvalue weighted by atomic mass is 19.4. The first kappa shape index (κ1) is 15.5. The maximum absolute atomic E-state index is 12.6. The lowest BCUT2D eigenvalue weighted by Gasteiger charge is -2.18. The second-order valence-corrected chi connectivity index (χ2v) is 5.03. The molecule has 1 unspecified atom stereocenters. The maximum Gasteiger partial charge on any atom is 0.417 e. The van der Waals surface area contributed by atoms with Crippen molar-refractivity contribution in [1.29, 1.82) is 0 Å². The Hall–Kier alpha value is -1.88. The summed E-state index contributed by atoms with van der Waals surface area (Å²) in [6.45, 7) is 4.02. The third-order valence-corrected chi connectivity index (χ3v) is 3.56. The summed E-state index contributed by atoms with van der Waals surface area (Å²) in [5, 5.41) is 3.10. The van der Waals surface area contributed by atoms with E-state index >= 15 is 0 Å². The van der Waals surface area contributed by atoms with E-state index in [1.165, 1.54) is 11.6 Å². The number of nitrogens with one attached hydrogen (secondary N) is 1. The Bertz CT molecular complexity index is 618. The fourth-order valence-electron chi connectivity index (χ4n) is 2.17. The van der Waals surface area contributed by atoms with Gasteiger partial charge in [0.15, 0.2) is 0 Å². The van der Waals surface area contributed by atoms with E-state index in [-0.39, 0.29) is 6.04 Å². The molecule has 0 radical (unpaired) electrons. The molecule has 0 amide bonds. The van der Waals surface area contributed by atoms with Crippen molar-refractivity contribution in [2.45, 2.75) is 26.1 Å². The minimum atomic E-state index is -4.36. The Labute approximate surface area is 122 Å². The average Bonchev–Trinajstić information content (AvgIpc) is 2.43. The fraction of sp³-hybridized carbons (Fsp3) is 0.312. The third kappa shape index (κ3) is 3.42. The maximum atomic E-state index is 12.6. The number of halogens is 3. The summed E-state index contributed by atoms with van der Waals surface area (Å²) in [6, 6.07) is 8.23. The van der Waals surface area contributed by atoms with Crippen LogP contribution in [0.4, 0.5) is 13.2 Å². The molecule has 1 heterocycles. The lowest BCUT2D eigenvalue weighted by molar-refractivity contribution is -0.137. The first-order valence-electron chi connectivity index (χ1n) is 6.60. The van der Waals surface area contributed by atoms with E-state index in [1.54, 1.807) is 7.05 Å². The van der Waals surface area contributed by atoms with E-state index in [9.17, 15) is 13.2 Å². The number of benzene rings is 1. The Morgan fingerprint density at radius 1 is 1.05 bits per heavy atom. The van der Waals surface area contributed by atoms with Crippen LogP contribution in [0.2, 0.25) is 0 Å². The molecule has 1 aromatic heterocycles. The zero-order valence-corrected chi connectivity index (χ0v) is 12.1. The number of rotatable bonds is 3. The lowest BCUT2D eigenvalue weighted by atomic mass is 9.98. The standard InChI is InChI=1S/C16H17F3N2/c1-10-4-5-12(8-11(10)2)15(20-3)14-7-6-13(9-21-14)16(17,18)19/h4-9,15,20H,1-3H3. The lowest BCUT2D eigenvalue weighted by Crippen LogP contribution is -2.19. The Kier molecular flexibility index (Phi) is 4.32. The van der Waals surface area contributed by atoms with Gasteiger partial charge >= 0.3 is 6.18 Å². The van der Waals surface area contributed by atoms with Gasteiger partial charge in [0.05, 0.1) is 17.3 Å². The molecule has 5 heteroatoms. The highest BCUT2D eigenvalue weighted by molar-refractivity contribution is 5.35. The molecule has 1 aromatic carbocycles. The third-order valence-electron chi connectivity index (χ3n) is 3.56. The van der Waals surface area contributed by atoms with Crippen LogP contribution < -0.4 is 5.32 Å². The van der Waals surface area contributed by atoms with Crippen molar-refractivity contribution in [2.75, 3.05) is 7.05 Å². The summed E-state index contributed by atoms with van der Waals surface area (Å²) < 4.78 is 37.7. The molecule has 112 valence electrons. The molecule has 2 aromatic rings. The first-order valence-corrected chi connectivity index (χ1v) is 6.60. The van der Waals surface area contributed by atoms with Crippen molar-refractivity contribution in [3.8, 4) is 0 Å². The SMILES string of the molecule is CNC(c1ccc(C)c(C)c1)c1ccc(C(F)(F)F)cn1. The highest BCUT2D eigenvalue weighted by Crippen LogP contribution is 2.30. The number of alkyl halides is 3. The van der Waals surface area contributed by atoms with Crippen molar-refractivity contribution in [2.24, 2.45) is 0 Å². The molecule has 0 saturated heterocycles. The van der Waals surface area contributed by atoms with Gasteiger partial charge in [-0.2, -0.15) is 13.2 Å². The van der Waals surface area contributed by atoms with Crippen LogP contribution in [0.5, 0.6) is 0 Å². The summed E-state index contributed by atoms with van der Waals surface area (Å²) in [6.07, 6.45) is -3.48. The molecule has 0 aliphatic carbocycles. The summed E-state index contributed by atoms with van der Waals surface area (Å²) in [5.41, 5.74) is 3.12. The molecule has 0 spiro atoms.